The molecular formula is C24H29ClN4O3. The van der Waals surface area contributed by atoms with Crippen molar-refractivity contribution in [3.8, 4) is 11.5 Å². The molecule has 7 nitrogen and oxygen atoms in total. The third kappa shape index (κ3) is 4.69. The molecule has 8 heteroatoms. The summed E-state index contributed by atoms with van der Waals surface area (Å²) >= 11 is 6.28. The van der Waals surface area contributed by atoms with Gasteiger partial charge in [-0.25, -0.2) is 4.98 Å². The first-order valence-electron chi connectivity index (χ1n) is 10.9. The third-order valence-corrected chi connectivity index (χ3v) is 6.41. The van der Waals surface area contributed by atoms with Gasteiger partial charge in [-0.1, -0.05) is 18.5 Å². The van der Waals surface area contributed by atoms with E-state index in [1.807, 2.05) is 52.0 Å². The van der Waals surface area contributed by atoms with Crippen LogP contribution < -0.4 is 9.47 Å². The highest BCUT2D eigenvalue weighted by molar-refractivity contribution is 6.30. The molecule has 3 aromatic rings. The van der Waals surface area contributed by atoms with Gasteiger partial charge in [0.05, 0.1) is 24.9 Å². The number of benzene rings is 1. The Morgan fingerprint density at radius 1 is 1.09 bits per heavy atom. The van der Waals surface area contributed by atoms with E-state index in [1.165, 1.54) is 0 Å². The van der Waals surface area contributed by atoms with Crippen LogP contribution >= 0.6 is 11.6 Å². The van der Waals surface area contributed by atoms with Gasteiger partial charge >= 0.3 is 0 Å². The lowest BCUT2D eigenvalue weighted by atomic mass is 9.91. The summed E-state index contributed by atoms with van der Waals surface area (Å²) in [6, 6.07) is 9.44. The Kier molecular flexibility index (Phi) is 6.86. The van der Waals surface area contributed by atoms with E-state index in [2.05, 4.69) is 16.8 Å². The maximum absolute atomic E-state index is 13.4. The van der Waals surface area contributed by atoms with Crippen molar-refractivity contribution < 1.29 is 14.3 Å². The van der Waals surface area contributed by atoms with Gasteiger partial charge in [-0.15, -0.1) is 0 Å². The van der Waals surface area contributed by atoms with E-state index >= 15 is 0 Å². The minimum absolute atomic E-state index is 0.129. The Hall–Kier alpha value is -2.77. The number of carbonyl (C=O) groups is 1. The van der Waals surface area contributed by atoms with E-state index in [0.717, 1.165) is 49.6 Å². The molecule has 1 amide bonds. The number of rotatable bonds is 7. The molecule has 2 aromatic heterocycles. The first kappa shape index (κ1) is 22.4. The minimum atomic E-state index is -0.232. The monoisotopic (exact) mass is 456 g/mol. The Morgan fingerprint density at radius 2 is 1.78 bits per heavy atom. The number of hydrogen-bond acceptors (Lipinski definition) is 5. The smallest absolute Gasteiger partial charge is 0.223 e. The highest BCUT2D eigenvalue weighted by atomic mass is 35.5. The second kappa shape index (κ2) is 9.79. The molecule has 4 rings (SSSR count). The van der Waals surface area contributed by atoms with Gasteiger partial charge in [-0.05, 0) is 36.4 Å². The van der Waals surface area contributed by atoms with E-state index < -0.39 is 0 Å². The molecule has 3 heterocycles. The summed E-state index contributed by atoms with van der Waals surface area (Å²) in [5, 5.41) is 0.612. The fraction of sp³-hybridized carbons (Fsp3) is 0.417. The Labute approximate surface area is 193 Å². The van der Waals surface area contributed by atoms with Gasteiger partial charge in [0, 0.05) is 57.0 Å². The highest BCUT2D eigenvalue weighted by Crippen LogP contribution is 2.35. The summed E-state index contributed by atoms with van der Waals surface area (Å²) in [4.78, 5) is 22.2. The number of nitrogens with zero attached hydrogens (tertiary/aromatic N) is 4. The number of halogens is 1. The van der Waals surface area contributed by atoms with Crippen LogP contribution in [-0.4, -0.2) is 72.0 Å². The molecule has 0 N–H and O–H groups in total. The predicted octanol–water partition coefficient (Wildman–Crippen LogP) is 3.69. The molecule has 0 radical (unpaired) electrons. The quantitative estimate of drug-likeness (QED) is 0.542. The number of piperazine rings is 1. The van der Waals surface area contributed by atoms with Crippen molar-refractivity contribution in [2.45, 2.75) is 19.3 Å². The normalized spacial score (nSPS) is 15.7. The number of amides is 1. The highest BCUT2D eigenvalue weighted by Gasteiger charge is 2.27. The van der Waals surface area contributed by atoms with Crippen molar-refractivity contribution in [2.75, 3.05) is 46.9 Å². The number of methoxy groups -OCH3 is 2. The van der Waals surface area contributed by atoms with E-state index in [9.17, 15) is 4.79 Å². The van der Waals surface area contributed by atoms with Gasteiger partial charge in [0.25, 0.3) is 0 Å². The van der Waals surface area contributed by atoms with Crippen LogP contribution in [0.1, 0.15) is 30.5 Å². The predicted molar refractivity (Wildman–Crippen MR) is 125 cm³/mol. The van der Waals surface area contributed by atoms with Crippen LogP contribution in [0, 0.1) is 0 Å². The molecule has 1 aliphatic rings. The van der Waals surface area contributed by atoms with Gasteiger partial charge in [-0.3, -0.25) is 4.79 Å². The Bertz CT molecular complexity index is 1070. The number of carbonyl (C=O) groups excluding carboxylic acids is 1. The molecule has 0 saturated carbocycles. The van der Waals surface area contributed by atoms with Crippen LogP contribution in [0.5, 0.6) is 11.5 Å². The number of imidazole rings is 1. The van der Waals surface area contributed by atoms with Gasteiger partial charge in [-0.2, -0.15) is 0 Å². The van der Waals surface area contributed by atoms with E-state index in [4.69, 9.17) is 21.1 Å². The first-order valence-corrected chi connectivity index (χ1v) is 11.3. The molecule has 170 valence electrons. The van der Waals surface area contributed by atoms with Gasteiger partial charge in [0.2, 0.25) is 5.91 Å². The number of pyridine rings is 1. The summed E-state index contributed by atoms with van der Waals surface area (Å²) in [6.45, 7) is 6.48. The van der Waals surface area contributed by atoms with Crippen LogP contribution in [0.4, 0.5) is 0 Å². The Balaban J connectivity index is 1.72. The molecule has 1 saturated heterocycles. The molecular weight excluding hydrogens is 428 g/mol. The lowest BCUT2D eigenvalue weighted by molar-refractivity contribution is -0.133. The average molecular weight is 457 g/mol. The van der Waals surface area contributed by atoms with Crippen LogP contribution in [0.15, 0.2) is 42.7 Å². The number of aromatic nitrogens is 2. The molecule has 1 atom stereocenters. The third-order valence-electron chi connectivity index (χ3n) is 6.18. The number of likely N-dealkylation sites (N-methyl/N-ethyl adjacent to an activating group) is 1. The van der Waals surface area contributed by atoms with E-state index in [0.29, 0.717) is 22.9 Å². The van der Waals surface area contributed by atoms with Crippen molar-refractivity contribution in [2.24, 2.45) is 0 Å². The maximum atomic E-state index is 13.4. The van der Waals surface area contributed by atoms with Crippen LogP contribution in [0.2, 0.25) is 5.02 Å². The molecule has 1 aromatic carbocycles. The zero-order valence-electron chi connectivity index (χ0n) is 18.8. The Morgan fingerprint density at radius 3 is 2.41 bits per heavy atom. The fourth-order valence-electron chi connectivity index (χ4n) is 4.27. The molecule has 1 aliphatic heterocycles. The number of ether oxygens (including phenoxy) is 2. The van der Waals surface area contributed by atoms with E-state index in [-0.39, 0.29) is 11.8 Å². The molecule has 0 aliphatic carbocycles. The molecule has 0 spiro atoms. The first-order chi connectivity index (χ1) is 15.5. The van der Waals surface area contributed by atoms with Crippen LogP contribution in [0.3, 0.4) is 0 Å². The largest absolute Gasteiger partial charge is 0.497 e. The van der Waals surface area contributed by atoms with Crippen LogP contribution in [-0.2, 0) is 4.79 Å². The summed E-state index contributed by atoms with van der Waals surface area (Å²) in [5.41, 5.74) is 2.62. The summed E-state index contributed by atoms with van der Waals surface area (Å²) in [7, 11) is 3.25. The molecule has 0 bridgehead atoms. The van der Waals surface area contributed by atoms with Crippen LogP contribution in [0.25, 0.3) is 5.65 Å². The fourth-order valence-corrected chi connectivity index (χ4v) is 4.43. The number of hydrogen-bond donors (Lipinski definition) is 0. The molecule has 1 unspecified atom stereocenters. The van der Waals surface area contributed by atoms with E-state index in [1.54, 1.807) is 14.2 Å². The lowest BCUT2D eigenvalue weighted by Gasteiger charge is -2.34. The summed E-state index contributed by atoms with van der Waals surface area (Å²) in [6.07, 6.45) is 3.99. The summed E-state index contributed by atoms with van der Waals surface area (Å²) in [5.74, 6) is 1.26. The maximum Gasteiger partial charge on any atom is 0.223 e. The lowest BCUT2D eigenvalue weighted by Crippen LogP contribution is -2.48. The van der Waals surface area contributed by atoms with Crippen molar-refractivity contribution in [1.29, 1.82) is 0 Å². The average Bonchev–Trinajstić information content (AvgIpc) is 3.24. The van der Waals surface area contributed by atoms with Crippen molar-refractivity contribution >= 4 is 23.2 Å². The standard InChI is InChI=1S/C24H29ClN4O3/c1-4-27-7-9-28(10-8-27)24(30)14-21(17-11-19(31-2)13-20(12-17)32-3)22-15-26-23-6-5-18(25)16-29(22)23/h5-6,11-13,15-16,21H,4,7-10,14H2,1-3H3. The SMILES string of the molecule is CCN1CCN(C(=O)CC(c2cc(OC)cc(OC)c2)c2cnc3ccc(Cl)cn23)CC1. The second-order valence-electron chi connectivity index (χ2n) is 7.98. The topological polar surface area (TPSA) is 59.3 Å². The van der Waals surface area contributed by atoms with Gasteiger partial charge in [0.15, 0.2) is 0 Å². The van der Waals surface area contributed by atoms with Crippen molar-refractivity contribution in [3.05, 3.63) is 59.0 Å². The summed E-state index contributed by atoms with van der Waals surface area (Å²) < 4.78 is 12.9. The zero-order chi connectivity index (χ0) is 22.7. The van der Waals surface area contributed by atoms with Crippen molar-refractivity contribution in [1.82, 2.24) is 19.2 Å². The number of fused-ring (bicyclic) bond motifs is 1. The van der Waals surface area contributed by atoms with Crippen molar-refractivity contribution in [3.63, 3.8) is 0 Å². The second-order valence-corrected chi connectivity index (χ2v) is 8.41. The molecule has 32 heavy (non-hydrogen) atoms. The zero-order valence-corrected chi connectivity index (χ0v) is 19.5. The molecule has 1 fully saturated rings. The van der Waals surface area contributed by atoms with Gasteiger partial charge in [0.1, 0.15) is 17.1 Å². The van der Waals surface area contributed by atoms with Gasteiger partial charge < -0.3 is 23.7 Å². The minimum Gasteiger partial charge on any atom is -0.497 e.